The summed E-state index contributed by atoms with van der Waals surface area (Å²) in [6.45, 7) is 7.23. The molecule has 0 N–H and O–H groups in total. The second-order valence-corrected chi connectivity index (χ2v) is 5.80. The highest BCUT2D eigenvalue weighted by molar-refractivity contribution is 7.17. The highest BCUT2D eigenvalue weighted by Crippen LogP contribution is 2.33. The SMILES string of the molecule is CCN(CC)C(=O)c1sc(-c2ccccc2Cl)nc1C. The largest absolute Gasteiger partial charge is 0.338 e. The lowest BCUT2D eigenvalue weighted by atomic mass is 10.2. The Morgan fingerprint density at radius 1 is 1.30 bits per heavy atom. The zero-order valence-corrected chi connectivity index (χ0v) is 13.4. The van der Waals surface area contributed by atoms with E-state index < -0.39 is 0 Å². The monoisotopic (exact) mass is 308 g/mol. The summed E-state index contributed by atoms with van der Waals surface area (Å²) in [5, 5.41) is 1.45. The maximum atomic E-state index is 12.4. The Hall–Kier alpha value is -1.39. The molecule has 106 valence electrons. The molecule has 3 nitrogen and oxygen atoms in total. The van der Waals surface area contributed by atoms with Gasteiger partial charge in [-0.15, -0.1) is 11.3 Å². The van der Waals surface area contributed by atoms with E-state index in [1.807, 2.05) is 45.0 Å². The fourth-order valence-electron chi connectivity index (χ4n) is 2.00. The minimum absolute atomic E-state index is 0.0447. The van der Waals surface area contributed by atoms with Crippen molar-refractivity contribution in [2.75, 3.05) is 13.1 Å². The fourth-order valence-corrected chi connectivity index (χ4v) is 3.35. The van der Waals surface area contributed by atoms with Crippen molar-refractivity contribution >= 4 is 28.8 Å². The second kappa shape index (κ2) is 6.37. The van der Waals surface area contributed by atoms with Gasteiger partial charge < -0.3 is 4.90 Å². The summed E-state index contributed by atoms with van der Waals surface area (Å²) in [6.07, 6.45) is 0. The molecule has 0 aliphatic rings. The first-order chi connectivity index (χ1) is 9.58. The number of aryl methyl sites for hydroxylation is 1. The van der Waals surface area contributed by atoms with Crippen molar-refractivity contribution in [3.63, 3.8) is 0 Å². The van der Waals surface area contributed by atoms with Crippen molar-refractivity contribution < 1.29 is 4.79 Å². The van der Waals surface area contributed by atoms with Crippen LogP contribution in [-0.4, -0.2) is 28.9 Å². The smallest absolute Gasteiger partial charge is 0.265 e. The Morgan fingerprint density at radius 2 is 1.95 bits per heavy atom. The number of rotatable bonds is 4. The molecule has 0 saturated carbocycles. The van der Waals surface area contributed by atoms with E-state index in [1.165, 1.54) is 11.3 Å². The van der Waals surface area contributed by atoms with E-state index in [1.54, 1.807) is 4.90 Å². The summed E-state index contributed by atoms with van der Waals surface area (Å²) in [5.41, 5.74) is 1.64. The molecule has 1 heterocycles. The van der Waals surface area contributed by atoms with Crippen LogP contribution in [0.2, 0.25) is 5.02 Å². The molecule has 0 aliphatic heterocycles. The van der Waals surface area contributed by atoms with Gasteiger partial charge in [0.25, 0.3) is 5.91 Å². The molecule has 1 aromatic heterocycles. The Balaban J connectivity index is 2.40. The Bertz CT molecular complexity index is 620. The summed E-state index contributed by atoms with van der Waals surface area (Å²) < 4.78 is 0. The van der Waals surface area contributed by atoms with Gasteiger partial charge in [0.05, 0.1) is 10.7 Å². The number of carbonyl (C=O) groups is 1. The molecule has 2 aromatic rings. The summed E-state index contributed by atoms with van der Waals surface area (Å²) in [7, 11) is 0. The lowest BCUT2D eigenvalue weighted by Crippen LogP contribution is -2.30. The molecule has 0 spiro atoms. The second-order valence-electron chi connectivity index (χ2n) is 4.39. The van der Waals surface area contributed by atoms with E-state index in [0.29, 0.717) is 23.0 Å². The van der Waals surface area contributed by atoms with Crippen molar-refractivity contribution in [1.29, 1.82) is 0 Å². The van der Waals surface area contributed by atoms with Gasteiger partial charge >= 0.3 is 0 Å². The fraction of sp³-hybridized carbons (Fsp3) is 0.333. The van der Waals surface area contributed by atoms with Gasteiger partial charge in [-0.25, -0.2) is 4.98 Å². The predicted molar refractivity (Wildman–Crippen MR) is 84.5 cm³/mol. The van der Waals surface area contributed by atoms with Crippen LogP contribution in [0.5, 0.6) is 0 Å². The average molecular weight is 309 g/mol. The molecule has 2 rings (SSSR count). The van der Waals surface area contributed by atoms with Crippen molar-refractivity contribution in [3.05, 3.63) is 39.9 Å². The average Bonchev–Trinajstić information content (AvgIpc) is 2.82. The van der Waals surface area contributed by atoms with E-state index in [2.05, 4.69) is 4.98 Å². The summed E-state index contributed by atoms with van der Waals surface area (Å²) >= 11 is 7.60. The molecule has 0 fully saturated rings. The highest BCUT2D eigenvalue weighted by Gasteiger charge is 2.20. The molecule has 0 aliphatic carbocycles. The molecule has 0 bridgehead atoms. The van der Waals surface area contributed by atoms with E-state index in [4.69, 9.17) is 11.6 Å². The maximum absolute atomic E-state index is 12.4. The molecular weight excluding hydrogens is 292 g/mol. The standard InChI is InChI=1S/C15H17ClN2OS/c1-4-18(5-2)15(19)13-10(3)17-14(20-13)11-8-6-7-9-12(11)16/h6-9H,4-5H2,1-3H3. The normalized spacial score (nSPS) is 10.6. The molecule has 0 unspecified atom stereocenters. The predicted octanol–water partition coefficient (Wildman–Crippen LogP) is 4.25. The minimum Gasteiger partial charge on any atom is -0.338 e. The molecular formula is C15H17ClN2OS. The Morgan fingerprint density at radius 3 is 2.55 bits per heavy atom. The number of thiazole rings is 1. The third-order valence-corrected chi connectivity index (χ3v) is 4.65. The van der Waals surface area contributed by atoms with Gasteiger partial charge in [-0.2, -0.15) is 0 Å². The topological polar surface area (TPSA) is 33.2 Å². The van der Waals surface area contributed by atoms with Gasteiger partial charge in [-0.3, -0.25) is 4.79 Å². The van der Waals surface area contributed by atoms with Crippen LogP contribution in [-0.2, 0) is 0 Å². The van der Waals surface area contributed by atoms with E-state index in [-0.39, 0.29) is 5.91 Å². The van der Waals surface area contributed by atoms with Gasteiger partial charge in [0.2, 0.25) is 0 Å². The van der Waals surface area contributed by atoms with Crippen LogP contribution in [0.4, 0.5) is 0 Å². The van der Waals surface area contributed by atoms with Crippen molar-refractivity contribution in [2.45, 2.75) is 20.8 Å². The quantitative estimate of drug-likeness (QED) is 0.845. The number of carbonyl (C=O) groups excluding carboxylic acids is 1. The van der Waals surface area contributed by atoms with Crippen LogP contribution in [0.3, 0.4) is 0 Å². The van der Waals surface area contributed by atoms with Crippen molar-refractivity contribution in [2.24, 2.45) is 0 Å². The first kappa shape index (κ1) is 15.0. The van der Waals surface area contributed by atoms with Crippen LogP contribution in [0.25, 0.3) is 10.6 Å². The number of halogens is 1. The van der Waals surface area contributed by atoms with Gasteiger partial charge in [-0.1, -0.05) is 29.8 Å². The Kier molecular flexibility index (Phi) is 4.78. The third kappa shape index (κ3) is 2.86. The summed E-state index contributed by atoms with van der Waals surface area (Å²) in [4.78, 5) is 19.4. The lowest BCUT2D eigenvalue weighted by Gasteiger charge is -2.17. The summed E-state index contributed by atoms with van der Waals surface area (Å²) in [6, 6.07) is 7.56. The first-order valence-corrected chi connectivity index (χ1v) is 7.79. The molecule has 5 heteroatoms. The molecule has 1 aromatic carbocycles. The zero-order valence-electron chi connectivity index (χ0n) is 11.8. The first-order valence-electron chi connectivity index (χ1n) is 6.60. The maximum Gasteiger partial charge on any atom is 0.265 e. The van der Waals surface area contributed by atoms with Gasteiger partial charge in [-0.05, 0) is 26.8 Å². The molecule has 0 saturated heterocycles. The van der Waals surface area contributed by atoms with Gasteiger partial charge in [0, 0.05) is 18.7 Å². The molecule has 0 radical (unpaired) electrons. The lowest BCUT2D eigenvalue weighted by molar-refractivity contribution is 0.0777. The Labute approximate surface area is 128 Å². The highest BCUT2D eigenvalue weighted by atomic mass is 35.5. The van der Waals surface area contributed by atoms with Crippen LogP contribution in [0, 0.1) is 6.92 Å². The molecule has 1 amide bonds. The number of hydrogen-bond acceptors (Lipinski definition) is 3. The number of hydrogen-bond donors (Lipinski definition) is 0. The summed E-state index contributed by atoms with van der Waals surface area (Å²) in [5.74, 6) is 0.0447. The molecule has 20 heavy (non-hydrogen) atoms. The van der Waals surface area contributed by atoms with Crippen molar-refractivity contribution in [1.82, 2.24) is 9.88 Å². The van der Waals surface area contributed by atoms with Crippen LogP contribution in [0.15, 0.2) is 24.3 Å². The van der Waals surface area contributed by atoms with Gasteiger partial charge in [0.15, 0.2) is 0 Å². The van der Waals surface area contributed by atoms with Crippen LogP contribution in [0.1, 0.15) is 29.2 Å². The van der Waals surface area contributed by atoms with Crippen LogP contribution >= 0.6 is 22.9 Å². The van der Waals surface area contributed by atoms with E-state index in [0.717, 1.165) is 16.3 Å². The van der Waals surface area contributed by atoms with Crippen molar-refractivity contribution in [3.8, 4) is 10.6 Å². The van der Waals surface area contributed by atoms with E-state index in [9.17, 15) is 4.79 Å². The number of nitrogens with zero attached hydrogens (tertiary/aromatic N) is 2. The van der Waals surface area contributed by atoms with Gasteiger partial charge in [0.1, 0.15) is 9.88 Å². The van der Waals surface area contributed by atoms with Crippen LogP contribution < -0.4 is 0 Å². The minimum atomic E-state index is 0.0447. The molecule has 0 atom stereocenters. The van der Waals surface area contributed by atoms with E-state index >= 15 is 0 Å². The number of benzene rings is 1. The zero-order chi connectivity index (χ0) is 14.7. The third-order valence-electron chi connectivity index (χ3n) is 3.15. The number of amides is 1. The number of aromatic nitrogens is 1.